The number of aromatic nitrogens is 1. The molecule has 1 aliphatic heterocycles. The Bertz CT molecular complexity index is 1050. The summed E-state index contributed by atoms with van der Waals surface area (Å²) in [6.45, 7) is 3.66. The van der Waals surface area contributed by atoms with Gasteiger partial charge in [0, 0.05) is 49.4 Å². The molecule has 0 saturated carbocycles. The van der Waals surface area contributed by atoms with E-state index in [0.29, 0.717) is 34.5 Å². The van der Waals surface area contributed by atoms with E-state index < -0.39 is 0 Å². The lowest BCUT2D eigenvalue weighted by molar-refractivity contribution is 0.0618. The van der Waals surface area contributed by atoms with Gasteiger partial charge >= 0.3 is 0 Å². The number of piperazine rings is 1. The molecule has 1 fully saturated rings. The van der Waals surface area contributed by atoms with E-state index in [1.54, 1.807) is 36.3 Å². The maximum absolute atomic E-state index is 12.8. The van der Waals surface area contributed by atoms with E-state index in [4.69, 9.17) is 32.5 Å². The molecule has 3 aromatic rings. The fraction of sp³-hybridized carbons (Fsp3) is 0.273. The molecule has 156 valence electrons. The van der Waals surface area contributed by atoms with Crippen molar-refractivity contribution in [3.05, 3.63) is 69.8 Å². The van der Waals surface area contributed by atoms with Crippen LogP contribution in [0.5, 0.6) is 5.75 Å². The highest BCUT2D eigenvalue weighted by Crippen LogP contribution is 2.31. The van der Waals surface area contributed by atoms with E-state index in [9.17, 15) is 4.79 Å². The van der Waals surface area contributed by atoms with Crippen molar-refractivity contribution in [1.82, 2.24) is 15.0 Å². The van der Waals surface area contributed by atoms with E-state index in [-0.39, 0.29) is 11.6 Å². The molecule has 2 aromatic carbocycles. The number of benzene rings is 2. The minimum atomic E-state index is -0.142. The minimum absolute atomic E-state index is 0.142. The summed E-state index contributed by atoms with van der Waals surface area (Å²) < 4.78 is 10.6. The molecule has 1 amide bonds. The number of hydrogen-bond donors (Lipinski definition) is 0. The van der Waals surface area contributed by atoms with Crippen molar-refractivity contribution < 1.29 is 14.1 Å². The summed E-state index contributed by atoms with van der Waals surface area (Å²) in [5.74, 6) is 1.15. The number of hydrogen-bond acceptors (Lipinski definition) is 5. The molecule has 0 radical (unpaired) electrons. The summed E-state index contributed by atoms with van der Waals surface area (Å²) in [6, 6.07) is 14.8. The normalized spacial score (nSPS) is 14.7. The number of rotatable bonds is 5. The molecule has 0 aliphatic carbocycles. The summed E-state index contributed by atoms with van der Waals surface area (Å²) in [5.41, 5.74) is 2.11. The Kier molecular flexibility index (Phi) is 6.27. The van der Waals surface area contributed by atoms with E-state index in [2.05, 4.69) is 16.1 Å². The van der Waals surface area contributed by atoms with Crippen LogP contribution in [-0.2, 0) is 6.54 Å². The van der Waals surface area contributed by atoms with Gasteiger partial charge in [-0.3, -0.25) is 9.69 Å². The van der Waals surface area contributed by atoms with Gasteiger partial charge in [0.2, 0.25) is 0 Å². The highest BCUT2D eigenvalue weighted by Gasteiger charge is 2.25. The van der Waals surface area contributed by atoms with E-state index >= 15 is 0 Å². The van der Waals surface area contributed by atoms with Gasteiger partial charge in [-0.1, -0.05) is 40.5 Å². The lowest BCUT2D eigenvalue weighted by Crippen LogP contribution is -2.48. The summed E-state index contributed by atoms with van der Waals surface area (Å²) in [7, 11) is 1.67. The van der Waals surface area contributed by atoms with Crippen LogP contribution in [0.3, 0.4) is 0 Å². The molecular weight excluding hydrogens is 425 g/mol. The SMILES string of the molecule is COc1cccc(CN2CCN(C(=O)c3cc(-c4ccc(Cl)cc4Cl)on3)CC2)c1. The molecule has 0 unspecified atom stereocenters. The van der Waals surface area contributed by atoms with E-state index in [0.717, 1.165) is 25.4 Å². The first-order chi connectivity index (χ1) is 14.5. The van der Waals surface area contributed by atoms with Crippen LogP contribution in [0.1, 0.15) is 16.1 Å². The highest BCUT2D eigenvalue weighted by molar-refractivity contribution is 6.36. The monoisotopic (exact) mass is 445 g/mol. The third-order valence-electron chi connectivity index (χ3n) is 5.13. The van der Waals surface area contributed by atoms with Crippen LogP contribution < -0.4 is 4.74 Å². The summed E-state index contributed by atoms with van der Waals surface area (Å²) in [4.78, 5) is 17.0. The van der Waals surface area contributed by atoms with Crippen LogP contribution >= 0.6 is 23.2 Å². The standard InChI is InChI=1S/C22H21Cl2N3O3/c1-29-17-4-2-3-15(11-17)14-26-7-9-27(10-8-26)22(28)20-13-21(30-25-20)18-6-5-16(23)12-19(18)24/h2-6,11-13H,7-10,14H2,1H3. The Morgan fingerprint density at radius 3 is 2.63 bits per heavy atom. The molecule has 0 spiro atoms. The van der Waals surface area contributed by atoms with Crippen molar-refractivity contribution >= 4 is 29.1 Å². The van der Waals surface area contributed by atoms with Gasteiger partial charge in [-0.05, 0) is 35.9 Å². The Balaban J connectivity index is 1.37. The van der Waals surface area contributed by atoms with Gasteiger partial charge in [0.1, 0.15) is 5.75 Å². The van der Waals surface area contributed by atoms with E-state index in [1.807, 2.05) is 18.2 Å². The molecular formula is C22H21Cl2N3O3. The van der Waals surface area contributed by atoms with Crippen LogP contribution in [0.4, 0.5) is 0 Å². The van der Waals surface area contributed by atoms with Gasteiger partial charge in [0.25, 0.3) is 5.91 Å². The van der Waals surface area contributed by atoms with Crippen molar-refractivity contribution in [3.63, 3.8) is 0 Å². The number of carbonyl (C=O) groups excluding carboxylic acids is 1. The number of methoxy groups -OCH3 is 1. The van der Waals surface area contributed by atoms with Crippen LogP contribution in [-0.4, -0.2) is 54.2 Å². The number of amides is 1. The second-order valence-corrected chi connectivity index (χ2v) is 7.96. The molecule has 30 heavy (non-hydrogen) atoms. The first-order valence-electron chi connectivity index (χ1n) is 9.60. The third kappa shape index (κ3) is 4.61. The third-order valence-corrected chi connectivity index (χ3v) is 5.67. The zero-order valence-corrected chi connectivity index (χ0v) is 18.0. The second kappa shape index (κ2) is 9.08. The van der Waals surface area contributed by atoms with Crippen molar-refractivity contribution in [1.29, 1.82) is 0 Å². The van der Waals surface area contributed by atoms with Crippen molar-refractivity contribution in [3.8, 4) is 17.1 Å². The van der Waals surface area contributed by atoms with Gasteiger partial charge in [0.05, 0.1) is 12.1 Å². The molecule has 0 N–H and O–H groups in total. The number of carbonyl (C=O) groups is 1. The van der Waals surface area contributed by atoms with E-state index in [1.165, 1.54) is 5.56 Å². The molecule has 4 rings (SSSR count). The molecule has 0 bridgehead atoms. The first-order valence-corrected chi connectivity index (χ1v) is 10.4. The predicted octanol–water partition coefficient (Wildman–Crippen LogP) is 4.62. The van der Waals surface area contributed by atoms with Crippen LogP contribution in [0.25, 0.3) is 11.3 Å². The van der Waals surface area contributed by atoms with Crippen molar-refractivity contribution in [2.75, 3.05) is 33.3 Å². The van der Waals surface area contributed by atoms with Gasteiger partial charge in [-0.25, -0.2) is 0 Å². The quantitative estimate of drug-likeness (QED) is 0.573. The fourth-order valence-corrected chi connectivity index (χ4v) is 3.99. The largest absolute Gasteiger partial charge is 0.497 e. The molecule has 1 saturated heterocycles. The maximum Gasteiger partial charge on any atom is 0.276 e. The molecule has 1 aromatic heterocycles. The number of ether oxygens (including phenoxy) is 1. The fourth-order valence-electron chi connectivity index (χ4n) is 3.49. The van der Waals surface area contributed by atoms with Crippen LogP contribution in [0, 0.1) is 0 Å². The number of halogens is 2. The Morgan fingerprint density at radius 2 is 1.90 bits per heavy atom. The molecule has 1 aliphatic rings. The smallest absolute Gasteiger partial charge is 0.276 e. The van der Waals surface area contributed by atoms with Crippen molar-refractivity contribution in [2.24, 2.45) is 0 Å². The Hall–Kier alpha value is -2.54. The first kappa shape index (κ1) is 20.7. The van der Waals surface area contributed by atoms with Gasteiger partial charge in [0.15, 0.2) is 11.5 Å². The average Bonchev–Trinajstić information content (AvgIpc) is 3.24. The van der Waals surface area contributed by atoms with Crippen LogP contribution in [0.15, 0.2) is 53.1 Å². The Labute approximate surface area is 184 Å². The predicted molar refractivity (Wildman–Crippen MR) is 116 cm³/mol. The van der Waals surface area contributed by atoms with Gasteiger partial charge in [-0.15, -0.1) is 0 Å². The zero-order chi connectivity index (χ0) is 21.1. The summed E-state index contributed by atoms with van der Waals surface area (Å²) in [5, 5.41) is 4.93. The molecule has 8 heteroatoms. The molecule has 2 heterocycles. The van der Waals surface area contributed by atoms with Gasteiger partial charge < -0.3 is 14.2 Å². The average molecular weight is 446 g/mol. The minimum Gasteiger partial charge on any atom is -0.497 e. The van der Waals surface area contributed by atoms with Gasteiger partial charge in [-0.2, -0.15) is 0 Å². The topological polar surface area (TPSA) is 58.8 Å². The maximum atomic E-state index is 12.8. The molecule has 6 nitrogen and oxygen atoms in total. The Morgan fingerprint density at radius 1 is 1.10 bits per heavy atom. The summed E-state index contributed by atoms with van der Waals surface area (Å²) in [6.07, 6.45) is 0. The molecule has 0 atom stereocenters. The van der Waals surface area contributed by atoms with Crippen LogP contribution in [0.2, 0.25) is 10.0 Å². The lowest BCUT2D eigenvalue weighted by atomic mass is 10.1. The van der Waals surface area contributed by atoms with Crippen molar-refractivity contribution in [2.45, 2.75) is 6.54 Å². The second-order valence-electron chi connectivity index (χ2n) is 7.12. The highest BCUT2D eigenvalue weighted by atomic mass is 35.5. The number of nitrogens with zero attached hydrogens (tertiary/aromatic N) is 3. The summed E-state index contributed by atoms with van der Waals surface area (Å²) >= 11 is 12.2. The zero-order valence-electron chi connectivity index (χ0n) is 16.5. The lowest BCUT2D eigenvalue weighted by Gasteiger charge is -2.34.